The van der Waals surface area contributed by atoms with Crippen LogP contribution in [0.2, 0.25) is 0 Å². The van der Waals surface area contributed by atoms with Crippen LogP contribution >= 0.6 is 0 Å². The van der Waals surface area contributed by atoms with E-state index in [4.69, 9.17) is 0 Å². The highest BCUT2D eigenvalue weighted by molar-refractivity contribution is 5.82. The molecule has 2 aliphatic rings. The fourth-order valence-electron chi connectivity index (χ4n) is 2.60. The van der Waals surface area contributed by atoms with E-state index in [0.29, 0.717) is 22.2 Å². The topological polar surface area (TPSA) is 20.3 Å². The second-order valence-corrected chi connectivity index (χ2v) is 10.8. The highest BCUT2D eigenvalue weighted by Crippen LogP contribution is 2.57. The lowest BCUT2D eigenvalue weighted by Gasteiger charge is -2.48. The molecule has 2 nitrogen and oxygen atoms in total. The summed E-state index contributed by atoms with van der Waals surface area (Å²) in [6.07, 6.45) is 2.88. The zero-order valence-corrected chi connectivity index (χ0v) is 16.8. The third kappa shape index (κ3) is 5.80. The van der Waals surface area contributed by atoms with Crippen LogP contribution in [-0.2, 0) is 4.79 Å². The first-order valence-electron chi connectivity index (χ1n) is 8.87. The van der Waals surface area contributed by atoms with E-state index in [1.54, 1.807) is 0 Å². The van der Waals surface area contributed by atoms with Gasteiger partial charge in [-0.05, 0) is 35.0 Å². The summed E-state index contributed by atoms with van der Waals surface area (Å²) in [5.74, 6) is 0.965. The summed E-state index contributed by atoms with van der Waals surface area (Å²) < 4.78 is 0. The maximum absolute atomic E-state index is 11.8. The molecule has 0 radical (unpaired) electrons. The largest absolute Gasteiger partial charge is 0.342 e. The molecule has 1 saturated heterocycles. The van der Waals surface area contributed by atoms with Crippen LogP contribution in [0.15, 0.2) is 0 Å². The van der Waals surface area contributed by atoms with Gasteiger partial charge in [0.15, 0.2) is 0 Å². The second kappa shape index (κ2) is 6.76. The zero-order chi connectivity index (χ0) is 17.6. The molecule has 0 spiro atoms. The van der Waals surface area contributed by atoms with Crippen LogP contribution in [0.25, 0.3) is 0 Å². The maximum Gasteiger partial charge on any atom is 0.227 e. The van der Waals surface area contributed by atoms with Crippen LogP contribution in [0.5, 0.6) is 0 Å². The van der Waals surface area contributed by atoms with Crippen molar-refractivity contribution in [3.63, 3.8) is 0 Å². The van der Waals surface area contributed by atoms with E-state index < -0.39 is 0 Å². The van der Waals surface area contributed by atoms with E-state index >= 15 is 0 Å². The first-order chi connectivity index (χ1) is 9.58. The quantitative estimate of drug-likeness (QED) is 0.534. The van der Waals surface area contributed by atoms with Crippen LogP contribution in [0.4, 0.5) is 0 Å². The molecule has 1 heterocycles. The summed E-state index contributed by atoms with van der Waals surface area (Å²) in [5, 5.41) is 0. The lowest BCUT2D eigenvalue weighted by molar-refractivity contribution is -0.148. The number of amides is 1. The van der Waals surface area contributed by atoms with Gasteiger partial charge in [0.2, 0.25) is 5.91 Å². The Balaban J connectivity index is 0.000000460. The number of carbonyl (C=O) groups excluding carboxylic acids is 1. The predicted molar refractivity (Wildman–Crippen MR) is 103 cm³/mol. The number of carbonyl (C=O) groups is 1. The molecular weight excluding hydrogens is 282 g/mol. The first-order valence-corrected chi connectivity index (χ1v) is 8.87. The van der Waals surface area contributed by atoms with Crippen molar-refractivity contribution in [1.82, 2.24) is 4.90 Å². The Morgan fingerprint density at radius 3 is 1.48 bits per heavy atom. The highest BCUT2D eigenvalue weighted by atomic mass is 16.2. The molecule has 2 heteroatoms. The summed E-state index contributed by atoms with van der Waals surface area (Å²) in [5.41, 5.74) is 1.36. The SMILES string of the molecule is C.CC(C)(C)C(=O)N1CC(C(C)(C)C)C1.CC(C)(C)C1(C)CC1. The van der Waals surface area contributed by atoms with Crippen molar-refractivity contribution in [3.05, 3.63) is 0 Å². The molecule has 1 aliphatic heterocycles. The minimum absolute atomic E-state index is 0. The summed E-state index contributed by atoms with van der Waals surface area (Å²) in [4.78, 5) is 13.8. The molecule has 1 amide bonds. The Morgan fingerprint density at radius 1 is 0.913 bits per heavy atom. The molecule has 0 atom stereocenters. The molecule has 0 aromatic heterocycles. The third-order valence-electron chi connectivity index (χ3n) is 5.85. The van der Waals surface area contributed by atoms with Crippen LogP contribution in [0, 0.1) is 27.6 Å². The van der Waals surface area contributed by atoms with E-state index in [1.807, 2.05) is 25.7 Å². The van der Waals surface area contributed by atoms with Crippen molar-refractivity contribution in [2.45, 2.75) is 89.5 Å². The molecule has 23 heavy (non-hydrogen) atoms. The Bertz CT molecular complexity index is 390. The van der Waals surface area contributed by atoms with Gasteiger partial charge in [-0.1, -0.05) is 76.7 Å². The maximum atomic E-state index is 11.8. The summed E-state index contributed by atoms with van der Waals surface area (Å²) in [6, 6.07) is 0. The van der Waals surface area contributed by atoms with Crippen LogP contribution in [-0.4, -0.2) is 23.9 Å². The lowest BCUT2D eigenvalue weighted by Crippen LogP contribution is -2.57. The Morgan fingerprint density at radius 2 is 1.30 bits per heavy atom. The molecule has 2 rings (SSSR count). The number of rotatable bonds is 0. The van der Waals surface area contributed by atoms with E-state index in [-0.39, 0.29) is 18.7 Å². The van der Waals surface area contributed by atoms with Crippen molar-refractivity contribution in [2.24, 2.45) is 27.6 Å². The minimum atomic E-state index is -0.219. The molecule has 0 unspecified atom stereocenters. The van der Waals surface area contributed by atoms with Gasteiger partial charge in [0.25, 0.3) is 0 Å². The molecule has 0 bridgehead atoms. The standard InChI is InChI=1S/C12H23NO.C8H16.CH4/c1-11(2,3)9-7-13(8-9)10(14)12(4,5)6;1-7(2,3)8(4)5-6-8;/h9H,7-8H2,1-6H3;5-6H2,1-4H3;1H4. The van der Waals surface area contributed by atoms with Crippen molar-refractivity contribution in [1.29, 1.82) is 0 Å². The Kier molecular flexibility index (Phi) is 6.61. The van der Waals surface area contributed by atoms with Gasteiger partial charge in [0, 0.05) is 18.5 Å². The van der Waals surface area contributed by atoms with Gasteiger partial charge in [-0.15, -0.1) is 0 Å². The number of nitrogens with zero attached hydrogens (tertiary/aromatic N) is 1. The predicted octanol–water partition coefficient (Wildman–Crippen LogP) is 6.01. The highest BCUT2D eigenvalue weighted by Gasteiger charge is 2.47. The van der Waals surface area contributed by atoms with Gasteiger partial charge in [-0.3, -0.25) is 4.79 Å². The van der Waals surface area contributed by atoms with Gasteiger partial charge >= 0.3 is 0 Å². The fourth-order valence-corrected chi connectivity index (χ4v) is 2.60. The fraction of sp³-hybridized carbons (Fsp3) is 0.952. The molecule has 0 N–H and O–H groups in total. The Hall–Kier alpha value is -0.530. The Labute approximate surface area is 146 Å². The second-order valence-electron chi connectivity index (χ2n) is 10.8. The molecular formula is C21H43NO. The van der Waals surface area contributed by atoms with Crippen LogP contribution in [0.1, 0.15) is 89.5 Å². The number of likely N-dealkylation sites (tertiary alicyclic amines) is 1. The van der Waals surface area contributed by atoms with Crippen molar-refractivity contribution in [2.75, 3.05) is 13.1 Å². The first kappa shape index (κ1) is 22.5. The average molecular weight is 326 g/mol. The van der Waals surface area contributed by atoms with Gasteiger partial charge in [-0.25, -0.2) is 0 Å². The van der Waals surface area contributed by atoms with Gasteiger partial charge in [0.05, 0.1) is 0 Å². The van der Waals surface area contributed by atoms with Crippen molar-refractivity contribution in [3.8, 4) is 0 Å². The minimum Gasteiger partial charge on any atom is -0.342 e. The molecule has 1 aliphatic carbocycles. The third-order valence-corrected chi connectivity index (χ3v) is 5.85. The number of hydrogen-bond donors (Lipinski definition) is 0. The van der Waals surface area contributed by atoms with E-state index in [2.05, 4.69) is 48.5 Å². The molecule has 0 aromatic rings. The summed E-state index contributed by atoms with van der Waals surface area (Å²) in [7, 11) is 0. The molecule has 138 valence electrons. The van der Waals surface area contributed by atoms with E-state index in [9.17, 15) is 4.79 Å². The molecule has 1 saturated carbocycles. The lowest BCUT2D eigenvalue weighted by atomic mass is 9.75. The van der Waals surface area contributed by atoms with E-state index in [0.717, 1.165) is 13.1 Å². The van der Waals surface area contributed by atoms with Gasteiger partial charge in [0.1, 0.15) is 0 Å². The summed E-state index contributed by atoms with van der Waals surface area (Å²) in [6.45, 7) is 24.0. The van der Waals surface area contributed by atoms with Gasteiger partial charge < -0.3 is 4.90 Å². The van der Waals surface area contributed by atoms with Crippen LogP contribution in [0.3, 0.4) is 0 Å². The monoisotopic (exact) mass is 325 g/mol. The zero-order valence-electron chi connectivity index (χ0n) is 16.8. The normalized spacial score (nSPS) is 20.7. The molecule has 2 fully saturated rings. The van der Waals surface area contributed by atoms with Crippen molar-refractivity contribution >= 4 is 5.91 Å². The average Bonchev–Trinajstić information content (AvgIpc) is 2.91. The van der Waals surface area contributed by atoms with Gasteiger partial charge in [-0.2, -0.15) is 0 Å². The number of hydrogen-bond acceptors (Lipinski definition) is 1. The van der Waals surface area contributed by atoms with E-state index in [1.165, 1.54) is 12.8 Å². The van der Waals surface area contributed by atoms with Crippen LogP contribution < -0.4 is 0 Å². The summed E-state index contributed by atoms with van der Waals surface area (Å²) >= 11 is 0. The smallest absolute Gasteiger partial charge is 0.227 e. The van der Waals surface area contributed by atoms with Crippen molar-refractivity contribution < 1.29 is 4.79 Å². The molecule has 0 aromatic carbocycles.